The molecule has 1 aliphatic heterocycles. The number of thioether (sulfide) groups is 1. The number of piperazine rings is 1. The van der Waals surface area contributed by atoms with Crippen LogP contribution in [0.4, 0.5) is 5.13 Å². The number of rotatable bonds is 6. The lowest BCUT2D eigenvalue weighted by molar-refractivity contribution is -0.133. The molecule has 152 valence electrons. The molecule has 0 N–H and O–H groups in total. The summed E-state index contributed by atoms with van der Waals surface area (Å²) in [6.45, 7) is 2.96. The van der Waals surface area contributed by atoms with Gasteiger partial charge >= 0.3 is 0 Å². The number of fused-ring (bicyclic) bond motifs is 1. The summed E-state index contributed by atoms with van der Waals surface area (Å²) in [4.78, 5) is 22.6. The molecule has 2 heterocycles. The van der Waals surface area contributed by atoms with Gasteiger partial charge in [0, 0.05) is 31.1 Å². The van der Waals surface area contributed by atoms with E-state index in [0.717, 1.165) is 29.5 Å². The monoisotopic (exact) mass is 429 g/mol. The number of benzene rings is 2. The van der Waals surface area contributed by atoms with Gasteiger partial charge in [-0.3, -0.25) is 4.79 Å². The summed E-state index contributed by atoms with van der Waals surface area (Å²) in [6, 6.07) is 13.6. The van der Waals surface area contributed by atoms with E-state index in [2.05, 4.69) is 29.4 Å². The minimum Gasteiger partial charge on any atom is -0.497 e. The van der Waals surface area contributed by atoms with Crippen LogP contribution >= 0.6 is 23.1 Å². The van der Waals surface area contributed by atoms with Crippen molar-refractivity contribution in [3.05, 3.63) is 42.5 Å². The van der Waals surface area contributed by atoms with Crippen LogP contribution in [0.5, 0.6) is 11.5 Å². The molecule has 0 saturated carbocycles. The molecule has 0 bridgehead atoms. The highest BCUT2D eigenvalue weighted by Crippen LogP contribution is 2.32. The van der Waals surface area contributed by atoms with Gasteiger partial charge in [0.2, 0.25) is 0 Å². The quantitative estimate of drug-likeness (QED) is 0.556. The topological polar surface area (TPSA) is 54.9 Å². The first kappa shape index (κ1) is 19.8. The van der Waals surface area contributed by atoms with Crippen molar-refractivity contribution >= 4 is 44.4 Å². The third-order valence-corrected chi connectivity index (χ3v) is 6.71. The molecule has 0 radical (unpaired) electrons. The molecule has 1 aromatic heterocycles. The molecule has 1 amide bonds. The highest BCUT2D eigenvalue weighted by atomic mass is 32.2. The molecular weight excluding hydrogens is 406 g/mol. The Labute approximate surface area is 178 Å². The summed E-state index contributed by atoms with van der Waals surface area (Å²) >= 11 is 3.46. The molecule has 1 fully saturated rings. The fraction of sp³-hybridized carbons (Fsp3) is 0.333. The lowest BCUT2D eigenvalue weighted by Crippen LogP contribution is -2.50. The highest BCUT2D eigenvalue weighted by Gasteiger charge is 2.23. The smallest absolute Gasteiger partial charge is 0.260 e. The van der Waals surface area contributed by atoms with E-state index in [1.807, 2.05) is 17.0 Å². The SMILES string of the molecule is COc1ccc(OCC(=O)N2CCN(c3nc4ccc(SC)cc4s3)CC2)cc1. The van der Waals surface area contributed by atoms with E-state index in [1.54, 1.807) is 42.3 Å². The van der Waals surface area contributed by atoms with E-state index >= 15 is 0 Å². The van der Waals surface area contributed by atoms with Gasteiger partial charge in [-0.15, -0.1) is 11.8 Å². The summed E-state index contributed by atoms with van der Waals surface area (Å²) < 4.78 is 12.0. The minimum absolute atomic E-state index is 0.00869. The number of anilines is 1. The summed E-state index contributed by atoms with van der Waals surface area (Å²) in [5.74, 6) is 1.44. The van der Waals surface area contributed by atoms with Crippen molar-refractivity contribution < 1.29 is 14.3 Å². The summed E-state index contributed by atoms with van der Waals surface area (Å²) in [6.07, 6.45) is 2.08. The third kappa shape index (κ3) is 4.59. The zero-order chi connectivity index (χ0) is 20.2. The van der Waals surface area contributed by atoms with Crippen LogP contribution in [0.25, 0.3) is 10.2 Å². The van der Waals surface area contributed by atoms with Gasteiger partial charge < -0.3 is 19.3 Å². The Kier molecular flexibility index (Phi) is 6.10. The summed E-state index contributed by atoms with van der Waals surface area (Å²) in [5, 5.41) is 1.03. The predicted octanol–water partition coefficient (Wildman–Crippen LogP) is 3.75. The lowest BCUT2D eigenvalue weighted by Gasteiger charge is -2.34. The van der Waals surface area contributed by atoms with Crippen LogP contribution in [-0.2, 0) is 4.79 Å². The van der Waals surface area contributed by atoms with Crippen LogP contribution in [0.2, 0.25) is 0 Å². The van der Waals surface area contributed by atoms with Crippen LogP contribution in [0, 0.1) is 0 Å². The number of thiazole rings is 1. The van der Waals surface area contributed by atoms with Gasteiger partial charge in [0.25, 0.3) is 5.91 Å². The van der Waals surface area contributed by atoms with Crippen LogP contribution in [-0.4, -0.2) is 61.9 Å². The average molecular weight is 430 g/mol. The maximum absolute atomic E-state index is 12.5. The van der Waals surface area contributed by atoms with E-state index in [-0.39, 0.29) is 12.5 Å². The average Bonchev–Trinajstić information content (AvgIpc) is 3.21. The van der Waals surface area contributed by atoms with E-state index in [1.165, 1.54) is 9.60 Å². The number of carbonyl (C=O) groups excluding carboxylic acids is 1. The Hall–Kier alpha value is -2.45. The van der Waals surface area contributed by atoms with Gasteiger partial charge in [-0.1, -0.05) is 11.3 Å². The lowest BCUT2D eigenvalue weighted by atomic mass is 10.3. The maximum Gasteiger partial charge on any atom is 0.260 e. The van der Waals surface area contributed by atoms with Crippen molar-refractivity contribution in [1.29, 1.82) is 0 Å². The van der Waals surface area contributed by atoms with Crippen LogP contribution in [0.3, 0.4) is 0 Å². The molecule has 4 rings (SSSR count). The molecule has 6 nitrogen and oxygen atoms in total. The third-order valence-electron chi connectivity index (χ3n) is 4.91. The second-order valence-electron chi connectivity index (χ2n) is 6.66. The number of ether oxygens (including phenoxy) is 2. The molecule has 3 aromatic rings. The Morgan fingerprint density at radius 1 is 1.10 bits per heavy atom. The van der Waals surface area contributed by atoms with E-state index in [0.29, 0.717) is 18.8 Å². The summed E-state index contributed by atoms with van der Waals surface area (Å²) in [7, 11) is 1.62. The Bertz CT molecular complexity index is 983. The maximum atomic E-state index is 12.5. The van der Waals surface area contributed by atoms with E-state index in [4.69, 9.17) is 14.5 Å². The van der Waals surface area contributed by atoms with Gasteiger partial charge in [-0.2, -0.15) is 0 Å². The number of carbonyl (C=O) groups is 1. The first-order valence-electron chi connectivity index (χ1n) is 9.40. The fourth-order valence-electron chi connectivity index (χ4n) is 3.21. The predicted molar refractivity (Wildman–Crippen MR) is 119 cm³/mol. The zero-order valence-corrected chi connectivity index (χ0v) is 18.1. The largest absolute Gasteiger partial charge is 0.497 e. The molecule has 1 saturated heterocycles. The van der Waals surface area contributed by atoms with Gasteiger partial charge in [0.05, 0.1) is 17.3 Å². The number of aromatic nitrogens is 1. The van der Waals surface area contributed by atoms with Crippen LogP contribution in [0.15, 0.2) is 47.4 Å². The van der Waals surface area contributed by atoms with Crippen molar-refractivity contribution in [2.45, 2.75) is 4.90 Å². The molecule has 1 aliphatic rings. The number of nitrogens with zero attached hydrogens (tertiary/aromatic N) is 3. The molecule has 0 atom stereocenters. The minimum atomic E-state index is 0.00869. The molecule has 0 unspecified atom stereocenters. The summed E-state index contributed by atoms with van der Waals surface area (Å²) in [5.41, 5.74) is 1.04. The van der Waals surface area contributed by atoms with Crippen LogP contribution in [0.1, 0.15) is 0 Å². The van der Waals surface area contributed by atoms with E-state index in [9.17, 15) is 4.79 Å². The molecule has 0 spiro atoms. The fourth-order valence-corrected chi connectivity index (χ4v) is 4.78. The molecular formula is C21H23N3O3S2. The van der Waals surface area contributed by atoms with Crippen molar-refractivity contribution in [1.82, 2.24) is 9.88 Å². The normalized spacial score (nSPS) is 14.3. The number of amides is 1. The van der Waals surface area contributed by atoms with E-state index < -0.39 is 0 Å². The molecule has 29 heavy (non-hydrogen) atoms. The highest BCUT2D eigenvalue weighted by molar-refractivity contribution is 7.98. The standard InChI is InChI=1S/C21H23N3O3S2/c1-26-15-3-5-16(6-4-15)27-14-20(25)23-9-11-24(12-10-23)21-22-18-8-7-17(28-2)13-19(18)29-21/h3-8,13H,9-12,14H2,1-2H3. The number of hydrogen-bond acceptors (Lipinski definition) is 7. The number of methoxy groups -OCH3 is 1. The first-order chi connectivity index (χ1) is 14.2. The second-order valence-corrected chi connectivity index (χ2v) is 8.55. The Morgan fingerprint density at radius 2 is 1.83 bits per heavy atom. The first-order valence-corrected chi connectivity index (χ1v) is 11.4. The van der Waals surface area contributed by atoms with Gasteiger partial charge in [-0.05, 0) is 48.7 Å². The zero-order valence-electron chi connectivity index (χ0n) is 16.5. The van der Waals surface area contributed by atoms with Crippen LogP contribution < -0.4 is 14.4 Å². The van der Waals surface area contributed by atoms with Gasteiger partial charge in [0.1, 0.15) is 11.5 Å². The molecule has 0 aliphatic carbocycles. The van der Waals surface area contributed by atoms with Crippen molar-refractivity contribution in [2.75, 3.05) is 51.1 Å². The van der Waals surface area contributed by atoms with Gasteiger partial charge in [-0.25, -0.2) is 4.98 Å². The van der Waals surface area contributed by atoms with Crippen molar-refractivity contribution in [3.63, 3.8) is 0 Å². The molecule has 8 heteroatoms. The molecule has 2 aromatic carbocycles. The Balaban J connectivity index is 1.31. The van der Waals surface area contributed by atoms with Crippen molar-refractivity contribution in [3.8, 4) is 11.5 Å². The second kappa shape index (κ2) is 8.92. The van der Waals surface area contributed by atoms with Gasteiger partial charge in [0.15, 0.2) is 11.7 Å². The Morgan fingerprint density at radius 3 is 2.52 bits per heavy atom. The van der Waals surface area contributed by atoms with Crippen molar-refractivity contribution in [2.24, 2.45) is 0 Å². The number of hydrogen-bond donors (Lipinski definition) is 0.